The fourth-order valence-electron chi connectivity index (χ4n) is 2.83. The molecule has 1 fully saturated rings. The highest BCUT2D eigenvalue weighted by atomic mass is 35.5. The van der Waals surface area contributed by atoms with E-state index in [1.807, 2.05) is 12.1 Å². The Bertz CT molecular complexity index is 492. The maximum absolute atomic E-state index is 11.2. The van der Waals surface area contributed by atoms with E-state index >= 15 is 0 Å². The summed E-state index contributed by atoms with van der Waals surface area (Å²) in [6.07, 6.45) is 2.08. The van der Waals surface area contributed by atoms with Crippen LogP contribution in [0.4, 0.5) is 5.69 Å². The van der Waals surface area contributed by atoms with Crippen molar-refractivity contribution < 1.29 is 4.79 Å². The van der Waals surface area contributed by atoms with Crippen LogP contribution in [0.5, 0.6) is 0 Å². The van der Waals surface area contributed by atoms with Gasteiger partial charge in [0.2, 0.25) is 5.91 Å². The lowest BCUT2D eigenvalue weighted by Crippen LogP contribution is -2.35. The molecular weight excluding hydrogens is 286 g/mol. The summed E-state index contributed by atoms with van der Waals surface area (Å²) in [6.45, 7) is 7.30. The second-order valence-electron chi connectivity index (χ2n) is 5.56. The number of halogens is 1. The van der Waals surface area contributed by atoms with Crippen LogP contribution in [0, 0.1) is 0 Å². The van der Waals surface area contributed by atoms with Gasteiger partial charge in [-0.05, 0) is 31.0 Å². The van der Waals surface area contributed by atoms with Crippen LogP contribution in [0.15, 0.2) is 18.2 Å². The summed E-state index contributed by atoms with van der Waals surface area (Å²) in [4.78, 5) is 13.5. The van der Waals surface area contributed by atoms with Gasteiger partial charge in [0.1, 0.15) is 0 Å². The predicted molar refractivity (Wildman–Crippen MR) is 87.9 cm³/mol. The second-order valence-corrected chi connectivity index (χ2v) is 5.96. The van der Waals surface area contributed by atoms with Crippen molar-refractivity contribution in [2.24, 2.45) is 0 Å². The Morgan fingerprint density at radius 3 is 3.00 bits per heavy atom. The van der Waals surface area contributed by atoms with E-state index in [4.69, 9.17) is 11.6 Å². The summed E-state index contributed by atoms with van der Waals surface area (Å²) in [6, 6.07) is 6.27. The summed E-state index contributed by atoms with van der Waals surface area (Å²) in [5.74, 6) is 0.0332. The van der Waals surface area contributed by atoms with E-state index in [1.54, 1.807) is 6.92 Å². The average Bonchev–Trinajstić information content (AvgIpc) is 2.86. The number of nitrogens with one attached hydrogen (secondary N) is 2. The zero-order valence-corrected chi connectivity index (χ0v) is 13.5. The Hall–Kier alpha value is -1.26. The minimum absolute atomic E-state index is 0.0332. The molecule has 1 heterocycles. The zero-order chi connectivity index (χ0) is 15.2. The van der Waals surface area contributed by atoms with Crippen molar-refractivity contribution in [3.05, 3.63) is 28.8 Å². The number of carbonyl (C=O) groups excluding carboxylic acids is 1. The molecule has 1 aromatic rings. The van der Waals surface area contributed by atoms with Crippen LogP contribution in [-0.2, 0) is 11.3 Å². The van der Waals surface area contributed by atoms with E-state index in [0.717, 1.165) is 49.7 Å². The third kappa shape index (κ3) is 4.35. The SMILES string of the molecule is CCCNCc1cccc(Cl)c1N1CCC(NC(C)=O)C1. The van der Waals surface area contributed by atoms with E-state index < -0.39 is 0 Å². The lowest BCUT2D eigenvalue weighted by Gasteiger charge is -2.24. The summed E-state index contributed by atoms with van der Waals surface area (Å²) >= 11 is 6.42. The van der Waals surface area contributed by atoms with Crippen LogP contribution in [0.1, 0.15) is 32.3 Å². The summed E-state index contributed by atoms with van der Waals surface area (Å²) in [5.41, 5.74) is 2.33. The van der Waals surface area contributed by atoms with Crippen molar-refractivity contribution in [2.45, 2.75) is 39.3 Å². The number of nitrogens with zero attached hydrogens (tertiary/aromatic N) is 1. The molecule has 116 valence electrons. The van der Waals surface area contributed by atoms with E-state index in [9.17, 15) is 4.79 Å². The Morgan fingerprint density at radius 1 is 1.48 bits per heavy atom. The molecule has 1 saturated heterocycles. The summed E-state index contributed by atoms with van der Waals surface area (Å²) in [7, 11) is 0. The maximum Gasteiger partial charge on any atom is 0.217 e. The molecule has 1 unspecified atom stereocenters. The quantitative estimate of drug-likeness (QED) is 0.794. The molecule has 0 spiro atoms. The third-order valence-electron chi connectivity index (χ3n) is 3.72. The van der Waals surface area contributed by atoms with Crippen LogP contribution in [0.2, 0.25) is 5.02 Å². The van der Waals surface area contributed by atoms with Crippen LogP contribution in [-0.4, -0.2) is 31.6 Å². The number of hydrogen-bond acceptors (Lipinski definition) is 3. The minimum atomic E-state index is 0.0332. The molecule has 5 heteroatoms. The molecule has 0 bridgehead atoms. The van der Waals surface area contributed by atoms with Crippen LogP contribution >= 0.6 is 11.6 Å². The van der Waals surface area contributed by atoms with Gasteiger partial charge in [0.15, 0.2) is 0 Å². The highest BCUT2D eigenvalue weighted by Crippen LogP contribution is 2.32. The first-order valence-corrected chi connectivity index (χ1v) is 7.99. The third-order valence-corrected chi connectivity index (χ3v) is 4.03. The number of anilines is 1. The molecule has 1 amide bonds. The monoisotopic (exact) mass is 309 g/mol. The highest BCUT2D eigenvalue weighted by Gasteiger charge is 2.26. The normalized spacial score (nSPS) is 18.0. The molecule has 1 aliphatic heterocycles. The van der Waals surface area contributed by atoms with Crippen LogP contribution in [0.3, 0.4) is 0 Å². The van der Waals surface area contributed by atoms with Gasteiger partial charge in [0, 0.05) is 32.6 Å². The largest absolute Gasteiger partial charge is 0.368 e. The molecule has 0 aromatic heterocycles. The highest BCUT2D eigenvalue weighted by molar-refractivity contribution is 6.33. The van der Waals surface area contributed by atoms with Crippen molar-refractivity contribution in [1.82, 2.24) is 10.6 Å². The first kappa shape index (κ1) is 16.1. The number of para-hydroxylation sites is 1. The average molecular weight is 310 g/mol. The number of hydrogen-bond donors (Lipinski definition) is 2. The molecule has 0 saturated carbocycles. The number of carbonyl (C=O) groups is 1. The van der Waals surface area contributed by atoms with Gasteiger partial charge in [-0.1, -0.05) is 30.7 Å². The van der Waals surface area contributed by atoms with Gasteiger partial charge in [-0.25, -0.2) is 0 Å². The molecule has 2 rings (SSSR count). The standard InChI is InChI=1S/C16H24ClN3O/c1-3-8-18-10-13-5-4-6-15(17)16(13)20-9-7-14(11-20)19-12(2)21/h4-6,14,18H,3,7-11H2,1-2H3,(H,19,21). The van der Waals surface area contributed by atoms with Gasteiger partial charge in [0.25, 0.3) is 0 Å². The van der Waals surface area contributed by atoms with Crippen molar-refractivity contribution in [2.75, 3.05) is 24.5 Å². The molecule has 4 nitrogen and oxygen atoms in total. The Kier molecular flexibility index (Phi) is 5.88. The van der Waals surface area contributed by atoms with Crippen LogP contribution in [0.25, 0.3) is 0 Å². The van der Waals surface area contributed by atoms with Gasteiger partial charge in [0.05, 0.1) is 10.7 Å². The first-order chi connectivity index (χ1) is 10.1. The van der Waals surface area contributed by atoms with E-state index in [2.05, 4.69) is 28.5 Å². The van der Waals surface area contributed by atoms with Gasteiger partial charge in [-0.3, -0.25) is 4.79 Å². The molecular formula is C16H24ClN3O. The predicted octanol–water partition coefficient (Wildman–Crippen LogP) is 2.55. The smallest absolute Gasteiger partial charge is 0.217 e. The fraction of sp³-hybridized carbons (Fsp3) is 0.562. The molecule has 2 N–H and O–H groups in total. The van der Waals surface area contributed by atoms with Gasteiger partial charge >= 0.3 is 0 Å². The summed E-state index contributed by atoms with van der Waals surface area (Å²) in [5, 5.41) is 7.21. The van der Waals surface area contributed by atoms with E-state index in [-0.39, 0.29) is 11.9 Å². The van der Waals surface area contributed by atoms with Crippen molar-refractivity contribution in [1.29, 1.82) is 0 Å². The van der Waals surface area contributed by atoms with Crippen LogP contribution < -0.4 is 15.5 Å². The number of amides is 1. The Morgan fingerprint density at radius 2 is 2.29 bits per heavy atom. The molecule has 0 radical (unpaired) electrons. The first-order valence-electron chi connectivity index (χ1n) is 7.62. The Labute approximate surface area is 131 Å². The van der Waals surface area contributed by atoms with Crippen molar-refractivity contribution in [3.8, 4) is 0 Å². The van der Waals surface area contributed by atoms with Gasteiger partial charge in [-0.2, -0.15) is 0 Å². The number of benzene rings is 1. The second kappa shape index (κ2) is 7.66. The molecule has 1 atom stereocenters. The van der Waals surface area contributed by atoms with Gasteiger partial charge in [-0.15, -0.1) is 0 Å². The van der Waals surface area contributed by atoms with E-state index in [1.165, 1.54) is 5.56 Å². The molecule has 21 heavy (non-hydrogen) atoms. The molecule has 1 aromatic carbocycles. The van der Waals surface area contributed by atoms with Crippen molar-refractivity contribution >= 4 is 23.2 Å². The topological polar surface area (TPSA) is 44.4 Å². The lowest BCUT2D eigenvalue weighted by atomic mass is 10.1. The summed E-state index contributed by atoms with van der Waals surface area (Å²) < 4.78 is 0. The molecule has 1 aliphatic rings. The van der Waals surface area contributed by atoms with Crippen molar-refractivity contribution in [3.63, 3.8) is 0 Å². The zero-order valence-electron chi connectivity index (χ0n) is 12.8. The van der Waals surface area contributed by atoms with E-state index in [0.29, 0.717) is 0 Å². The minimum Gasteiger partial charge on any atom is -0.368 e. The molecule has 0 aliphatic carbocycles. The maximum atomic E-state index is 11.2. The fourth-order valence-corrected chi connectivity index (χ4v) is 3.14. The van der Waals surface area contributed by atoms with Gasteiger partial charge < -0.3 is 15.5 Å². The Balaban J connectivity index is 2.09. The number of rotatable bonds is 6. The lowest BCUT2D eigenvalue weighted by molar-refractivity contribution is -0.119.